The molecular weight excluding hydrogens is 262 g/mol. The van der Waals surface area contributed by atoms with Gasteiger partial charge in [0.25, 0.3) is 0 Å². The third-order valence-corrected chi connectivity index (χ3v) is 5.08. The van der Waals surface area contributed by atoms with Crippen LogP contribution >= 0.6 is 0 Å². The molecule has 0 atom stereocenters. The van der Waals surface area contributed by atoms with Gasteiger partial charge in [-0.05, 0) is 65.3 Å². The fraction of sp³-hybridized carbons (Fsp3) is 1.00. The first kappa shape index (κ1) is 16.9. The highest BCUT2D eigenvalue weighted by atomic mass is 32.2. The standard InChI is InChI=1S/C13H29N3O2S/c1-3-9-16-10-6-13(7-11-16)15-19(17,18)12-5-4-8-14-2/h13-15H,3-12H2,1-2H3. The number of nitrogens with zero attached hydrogens (tertiary/aromatic N) is 1. The molecule has 1 saturated heterocycles. The topological polar surface area (TPSA) is 61.4 Å². The molecule has 6 heteroatoms. The summed E-state index contributed by atoms with van der Waals surface area (Å²) in [4.78, 5) is 2.41. The Hall–Kier alpha value is -0.170. The molecule has 1 rings (SSSR count). The lowest BCUT2D eigenvalue weighted by Gasteiger charge is -2.31. The molecule has 0 radical (unpaired) electrons. The summed E-state index contributed by atoms with van der Waals surface area (Å²) in [5.41, 5.74) is 0. The second-order valence-corrected chi connectivity index (χ2v) is 7.24. The molecule has 0 aromatic rings. The number of unbranched alkanes of at least 4 members (excludes halogenated alkanes) is 1. The normalized spacial score (nSPS) is 18.8. The lowest BCUT2D eigenvalue weighted by Crippen LogP contribution is -2.45. The molecule has 0 bridgehead atoms. The van der Waals surface area contributed by atoms with Gasteiger partial charge in [-0.2, -0.15) is 0 Å². The second-order valence-electron chi connectivity index (χ2n) is 5.36. The molecule has 0 aromatic heterocycles. The average molecular weight is 291 g/mol. The largest absolute Gasteiger partial charge is 0.320 e. The first-order valence-corrected chi connectivity index (χ1v) is 9.09. The Bertz CT molecular complexity index is 325. The quantitative estimate of drug-likeness (QED) is 0.616. The molecule has 1 fully saturated rings. The highest BCUT2D eigenvalue weighted by Crippen LogP contribution is 2.12. The van der Waals surface area contributed by atoms with Crippen LogP contribution < -0.4 is 10.0 Å². The minimum absolute atomic E-state index is 0.141. The molecule has 19 heavy (non-hydrogen) atoms. The van der Waals surface area contributed by atoms with Gasteiger partial charge in [0.1, 0.15) is 0 Å². The van der Waals surface area contributed by atoms with E-state index in [4.69, 9.17) is 0 Å². The second kappa shape index (κ2) is 8.89. The molecule has 1 aliphatic rings. The van der Waals surface area contributed by atoms with Crippen LogP contribution in [0.3, 0.4) is 0 Å². The predicted octanol–water partition coefficient (Wildman–Crippen LogP) is 0.780. The van der Waals surface area contributed by atoms with Gasteiger partial charge in [-0.1, -0.05) is 6.92 Å². The van der Waals surface area contributed by atoms with Gasteiger partial charge in [-0.3, -0.25) is 0 Å². The highest BCUT2D eigenvalue weighted by molar-refractivity contribution is 7.89. The van der Waals surface area contributed by atoms with Crippen molar-refractivity contribution in [2.45, 2.75) is 45.1 Å². The molecule has 0 unspecified atom stereocenters. The third kappa shape index (κ3) is 7.25. The van der Waals surface area contributed by atoms with Gasteiger partial charge in [-0.15, -0.1) is 0 Å². The van der Waals surface area contributed by atoms with Crippen molar-refractivity contribution in [1.29, 1.82) is 0 Å². The number of likely N-dealkylation sites (tertiary alicyclic amines) is 1. The Labute approximate surface area is 118 Å². The zero-order chi connectivity index (χ0) is 14.1. The maximum absolute atomic E-state index is 11.9. The van der Waals surface area contributed by atoms with Crippen molar-refractivity contribution in [2.75, 3.05) is 39.0 Å². The van der Waals surface area contributed by atoms with Gasteiger partial charge >= 0.3 is 0 Å². The molecule has 0 amide bonds. The first-order chi connectivity index (χ1) is 9.07. The number of rotatable bonds is 9. The number of hydrogen-bond acceptors (Lipinski definition) is 4. The van der Waals surface area contributed by atoms with E-state index in [9.17, 15) is 8.42 Å². The van der Waals surface area contributed by atoms with E-state index in [1.54, 1.807) is 0 Å². The van der Waals surface area contributed by atoms with Gasteiger partial charge in [0.05, 0.1) is 5.75 Å². The van der Waals surface area contributed by atoms with Crippen LogP contribution in [-0.4, -0.2) is 58.3 Å². The summed E-state index contributed by atoms with van der Waals surface area (Å²) in [5, 5.41) is 3.03. The molecule has 2 N–H and O–H groups in total. The Kier molecular flexibility index (Phi) is 7.90. The van der Waals surface area contributed by atoms with Gasteiger partial charge < -0.3 is 10.2 Å². The van der Waals surface area contributed by atoms with E-state index in [1.165, 1.54) is 6.42 Å². The molecule has 5 nitrogen and oxygen atoms in total. The SMILES string of the molecule is CCCN1CCC(NS(=O)(=O)CCCCNC)CC1. The Morgan fingerprint density at radius 3 is 2.47 bits per heavy atom. The van der Waals surface area contributed by atoms with E-state index in [-0.39, 0.29) is 11.8 Å². The van der Waals surface area contributed by atoms with Crippen LogP contribution in [0, 0.1) is 0 Å². The summed E-state index contributed by atoms with van der Waals surface area (Å²) in [7, 11) is -1.20. The van der Waals surface area contributed by atoms with E-state index in [1.807, 2.05) is 7.05 Å². The molecule has 0 spiro atoms. The fourth-order valence-corrected chi connectivity index (χ4v) is 3.94. The summed E-state index contributed by atoms with van der Waals surface area (Å²) < 4.78 is 26.7. The monoisotopic (exact) mass is 291 g/mol. The zero-order valence-electron chi connectivity index (χ0n) is 12.3. The molecule has 0 aromatic carbocycles. The van der Waals surface area contributed by atoms with E-state index in [0.29, 0.717) is 0 Å². The van der Waals surface area contributed by atoms with E-state index in [2.05, 4.69) is 21.9 Å². The average Bonchev–Trinajstić information content (AvgIpc) is 2.37. The Morgan fingerprint density at radius 1 is 1.21 bits per heavy atom. The maximum Gasteiger partial charge on any atom is 0.211 e. The fourth-order valence-electron chi connectivity index (χ4n) is 2.50. The molecule has 114 valence electrons. The highest BCUT2D eigenvalue weighted by Gasteiger charge is 2.22. The van der Waals surface area contributed by atoms with Crippen molar-refractivity contribution in [3.8, 4) is 0 Å². The van der Waals surface area contributed by atoms with Crippen molar-refractivity contribution >= 4 is 10.0 Å². The van der Waals surface area contributed by atoms with Crippen LogP contribution in [0.4, 0.5) is 0 Å². The minimum Gasteiger partial charge on any atom is -0.320 e. The molecule has 1 aliphatic heterocycles. The molecular formula is C13H29N3O2S. The summed E-state index contributed by atoms with van der Waals surface area (Å²) in [6.45, 7) is 6.22. The van der Waals surface area contributed by atoms with Gasteiger partial charge in [0.2, 0.25) is 10.0 Å². The maximum atomic E-state index is 11.9. The number of nitrogens with one attached hydrogen (secondary N) is 2. The minimum atomic E-state index is -3.09. The lowest BCUT2D eigenvalue weighted by atomic mass is 10.1. The van der Waals surface area contributed by atoms with E-state index < -0.39 is 10.0 Å². The van der Waals surface area contributed by atoms with Crippen LogP contribution in [0.5, 0.6) is 0 Å². The Morgan fingerprint density at radius 2 is 1.89 bits per heavy atom. The summed E-state index contributed by atoms with van der Waals surface area (Å²) in [6.07, 6.45) is 4.69. The molecule has 0 saturated carbocycles. The van der Waals surface area contributed by atoms with Crippen molar-refractivity contribution in [1.82, 2.24) is 14.9 Å². The van der Waals surface area contributed by atoms with Gasteiger partial charge in [0, 0.05) is 6.04 Å². The van der Waals surface area contributed by atoms with Crippen LogP contribution in [-0.2, 0) is 10.0 Å². The van der Waals surface area contributed by atoms with Crippen molar-refractivity contribution in [2.24, 2.45) is 0 Å². The Balaban J connectivity index is 2.23. The number of sulfonamides is 1. The summed E-state index contributed by atoms with van der Waals surface area (Å²) in [6, 6.07) is 0.141. The number of piperidine rings is 1. The number of hydrogen-bond donors (Lipinski definition) is 2. The van der Waals surface area contributed by atoms with Crippen molar-refractivity contribution in [3.63, 3.8) is 0 Å². The molecule has 0 aliphatic carbocycles. The van der Waals surface area contributed by atoms with Crippen molar-refractivity contribution in [3.05, 3.63) is 0 Å². The van der Waals surface area contributed by atoms with Gasteiger partial charge in [-0.25, -0.2) is 13.1 Å². The third-order valence-electron chi connectivity index (χ3n) is 3.56. The van der Waals surface area contributed by atoms with Crippen LogP contribution in [0.1, 0.15) is 39.0 Å². The van der Waals surface area contributed by atoms with E-state index >= 15 is 0 Å². The van der Waals surface area contributed by atoms with E-state index in [0.717, 1.165) is 51.9 Å². The van der Waals surface area contributed by atoms with Crippen LogP contribution in [0.2, 0.25) is 0 Å². The molecule has 1 heterocycles. The summed E-state index contributed by atoms with van der Waals surface area (Å²) in [5.74, 6) is 0.254. The summed E-state index contributed by atoms with van der Waals surface area (Å²) >= 11 is 0. The lowest BCUT2D eigenvalue weighted by molar-refractivity contribution is 0.208. The zero-order valence-corrected chi connectivity index (χ0v) is 13.1. The van der Waals surface area contributed by atoms with Crippen LogP contribution in [0.15, 0.2) is 0 Å². The smallest absolute Gasteiger partial charge is 0.211 e. The van der Waals surface area contributed by atoms with Crippen LogP contribution in [0.25, 0.3) is 0 Å². The van der Waals surface area contributed by atoms with Crippen molar-refractivity contribution < 1.29 is 8.42 Å². The van der Waals surface area contributed by atoms with Gasteiger partial charge in [0.15, 0.2) is 0 Å². The first-order valence-electron chi connectivity index (χ1n) is 7.44. The predicted molar refractivity (Wildman–Crippen MR) is 79.8 cm³/mol.